The number of phenolic OH excluding ortho intramolecular Hbond substituents is 1. The van der Waals surface area contributed by atoms with E-state index in [2.05, 4.69) is 15.3 Å². The van der Waals surface area contributed by atoms with Gasteiger partial charge in [-0.05, 0) is 37.8 Å². The van der Waals surface area contributed by atoms with Crippen molar-refractivity contribution in [1.29, 1.82) is 0 Å². The molecule has 2 aliphatic rings. The van der Waals surface area contributed by atoms with Crippen molar-refractivity contribution in [1.82, 2.24) is 19.1 Å². The minimum absolute atomic E-state index is 0.0196. The normalized spacial score (nSPS) is 14.8. The Morgan fingerprint density at radius 2 is 1.82 bits per heavy atom. The Bertz CT molecular complexity index is 1760. The van der Waals surface area contributed by atoms with Crippen LogP contribution in [0.2, 0.25) is 5.02 Å². The van der Waals surface area contributed by atoms with Gasteiger partial charge in [0, 0.05) is 49.4 Å². The van der Waals surface area contributed by atoms with Gasteiger partial charge in [-0.1, -0.05) is 11.6 Å². The summed E-state index contributed by atoms with van der Waals surface area (Å²) in [5, 5.41) is 12.1. The van der Waals surface area contributed by atoms with Crippen LogP contribution >= 0.6 is 11.6 Å². The van der Waals surface area contributed by atoms with Crippen LogP contribution in [-0.4, -0.2) is 43.2 Å². The summed E-state index contributed by atoms with van der Waals surface area (Å²) < 4.78 is 46.9. The fourth-order valence-corrected chi connectivity index (χ4v) is 5.57. The standard InChI is InChI=1S/C27H24ClF3N6O3/c1-13-9-14(22(29)23(30)24(13)39)15-11-36(26-20(15)27(40)37-8-4-5-17(37)34-26)12-19(38)32-16-10-18(33-25(31)21(16)28)35-6-2-3-7-35/h9-11,39H,2-8,12H2,1H3,(H,32,33,38). The van der Waals surface area contributed by atoms with E-state index in [-0.39, 0.29) is 45.0 Å². The Morgan fingerprint density at radius 3 is 2.58 bits per heavy atom. The Balaban J connectivity index is 1.42. The highest BCUT2D eigenvalue weighted by Crippen LogP contribution is 2.36. The van der Waals surface area contributed by atoms with Crippen LogP contribution in [0.1, 0.15) is 30.7 Å². The maximum absolute atomic E-state index is 15.1. The SMILES string of the molecule is Cc1cc(-c2cn(CC(=O)Nc3cc(N4CCCC4)nc(F)c3Cl)c3nc4n(c(=O)c23)CCC4)c(F)c(F)c1O. The summed E-state index contributed by atoms with van der Waals surface area (Å²) in [5.74, 6) is -4.24. The number of anilines is 2. The molecule has 4 aromatic rings. The monoisotopic (exact) mass is 572 g/mol. The topological polar surface area (TPSA) is 105 Å². The van der Waals surface area contributed by atoms with Gasteiger partial charge in [0.05, 0.1) is 11.1 Å². The molecule has 208 valence electrons. The first-order valence-corrected chi connectivity index (χ1v) is 13.2. The van der Waals surface area contributed by atoms with Gasteiger partial charge < -0.3 is 19.9 Å². The molecule has 2 aliphatic heterocycles. The molecule has 1 saturated heterocycles. The third-order valence-electron chi connectivity index (χ3n) is 7.42. The summed E-state index contributed by atoms with van der Waals surface area (Å²) in [5.41, 5.74) is -0.417. The van der Waals surface area contributed by atoms with Crippen molar-refractivity contribution in [2.45, 2.75) is 45.7 Å². The largest absolute Gasteiger partial charge is 0.505 e. The number of pyridine rings is 1. The van der Waals surface area contributed by atoms with E-state index in [1.807, 2.05) is 4.90 Å². The molecule has 0 unspecified atom stereocenters. The lowest BCUT2D eigenvalue weighted by atomic mass is 10.0. The van der Waals surface area contributed by atoms with Crippen LogP contribution < -0.4 is 15.8 Å². The van der Waals surface area contributed by atoms with E-state index in [0.717, 1.165) is 12.8 Å². The summed E-state index contributed by atoms with van der Waals surface area (Å²) in [6.45, 7) is 2.87. The van der Waals surface area contributed by atoms with Crippen molar-refractivity contribution in [2.24, 2.45) is 0 Å². The minimum Gasteiger partial charge on any atom is -0.505 e. The summed E-state index contributed by atoms with van der Waals surface area (Å²) in [7, 11) is 0. The second kappa shape index (κ2) is 9.84. The molecule has 1 aromatic carbocycles. The van der Waals surface area contributed by atoms with E-state index >= 15 is 4.39 Å². The van der Waals surface area contributed by atoms with E-state index in [0.29, 0.717) is 44.1 Å². The number of carbonyl (C=O) groups is 1. The Hall–Kier alpha value is -4.06. The van der Waals surface area contributed by atoms with Gasteiger partial charge >= 0.3 is 0 Å². The molecule has 0 aliphatic carbocycles. The molecular weight excluding hydrogens is 549 g/mol. The number of aromatic nitrogens is 4. The third kappa shape index (κ3) is 4.26. The first-order valence-electron chi connectivity index (χ1n) is 12.9. The molecule has 1 amide bonds. The van der Waals surface area contributed by atoms with Crippen LogP contribution in [0.15, 0.2) is 23.1 Å². The number of phenols is 1. The van der Waals surface area contributed by atoms with Gasteiger partial charge in [-0.15, -0.1) is 0 Å². The number of fused-ring (bicyclic) bond motifs is 2. The third-order valence-corrected chi connectivity index (χ3v) is 7.78. The number of nitrogens with zero attached hydrogens (tertiary/aromatic N) is 5. The van der Waals surface area contributed by atoms with E-state index in [9.17, 15) is 23.5 Å². The maximum Gasteiger partial charge on any atom is 0.263 e. The average Bonchev–Trinajstić information content (AvgIpc) is 3.69. The number of hydrogen-bond donors (Lipinski definition) is 2. The molecule has 40 heavy (non-hydrogen) atoms. The molecule has 3 aromatic heterocycles. The summed E-state index contributed by atoms with van der Waals surface area (Å²) >= 11 is 6.11. The highest BCUT2D eigenvalue weighted by molar-refractivity contribution is 6.33. The molecule has 1 fully saturated rings. The molecule has 5 heterocycles. The molecule has 13 heteroatoms. The van der Waals surface area contributed by atoms with Gasteiger partial charge in [-0.2, -0.15) is 8.78 Å². The average molecular weight is 573 g/mol. The van der Waals surface area contributed by atoms with Gasteiger partial charge in [-0.25, -0.2) is 14.4 Å². The van der Waals surface area contributed by atoms with Crippen LogP contribution in [0, 0.1) is 24.5 Å². The Morgan fingerprint density at radius 1 is 1.07 bits per heavy atom. The molecular formula is C27H24ClF3N6O3. The lowest BCUT2D eigenvalue weighted by Crippen LogP contribution is -2.23. The van der Waals surface area contributed by atoms with Crippen molar-refractivity contribution in [3.05, 3.63) is 62.7 Å². The fourth-order valence-electron chi connectivity index (χ4n) is 5.42. The van der Waals surface area contributed by atoms with Crippen LogP contribution in [0.25, 0.3) is 22.2 Å². The predicted octanol–water partition coefficient (Wildman–Crippen LogP) is 4.53. The molecule has 0 radical (unpaired) electrons. The lowest BCUT2D eigenvalue weighted by Gasteiger charge is -2.18. The van der Waals surface area contributed by atoms with Crippen LogP contribution in [-0.2, 0) is 24.3 Å². The first-order chi connectivity index (χ1) is 19.1. The molecule has 0 bridgehead atoms. The van der Waals surface area contributed by atoms with Crippen molar-refractivity contribution < 1.29 is 23.1 Å². The second-order valence-electron chi connectivity index (χ2n) is 10.1. The molecule has 0 spiro atoms. The Kier molecular flexibility index (Phi) is 6.44. The summed E-state index contributed by atoms with van der Waals surface area (Å²) in [4.78, 5) is 37.0. The number of aryl methyl sites for hydroxylation is 2. The predicted molar refractivity (Wildman–Crippen MR) is 143 cm³/mol. The highest BCUT2D eigenvalue weighted by atomic mass is 35.5. The lowest BCUT2D eigenvalue weighted by molar-refractivity contribution is -0.116. The van der Waals surface area contributed by atoms with E-state index < -0.39 is 34.8 Å². The zero-order valence-electron chi connectivity index (χ0n) is 21.4. The Labute approximate surface area is 230 Å². The van der Waals surface area contributed by atoms with Crippen molar-refractivity contribution in [3.8, 4) is 16.9 Å². The molecule has 6 rings (SSSR count). The number of rotatable bonds is 5. The highest BCUT2D eigenvalue weighted by Gasteiger charge is 2.27. The van der Waals surface area contributed by atoms with Crippen LogP contribution in [0.5, 0.6) is 5.75 Å². The van der Waals surface area contributed by atoms with Gasteiger partial charge in [0.2, 0.25) is 17.7 Å². The quantitative estimate of drug-likeness (QED) is 0.341. The van der Waals surface area contributed by atoms with Crippen LogP contribution in [0.3, 0.4) is 0 Å². The smallest absolute Gasteiger partial charge is 0.263 e. The van der Waals surface area contributed by atoms with Crippen molar-refractivity contribution in [2.75, 3.05) is 23.3 Å². The number of halogens is 4. The number of carbonyl (C=O) groups excluding carboxylic acids is 1. The van der Waals surface area contributed by atoms with Crippen molar-refractivity contribution in [3.63, 3.8) is 0 Å². The maximum atomic E-state index is 15.1. The molecule has 0 saturated carbocycles. The number of nitrogens with one attached hydrogen (secondary N) is 1. The number of amides is 1. The van der Waals surface area contributed by atoms with Gasteiger partial charge in [0.25, 0.3) is 5.56 Å². The van der Waals surface area contributed by atoms with E-state index in [1.165, 1.54) is 34.4 Å². The van der Waals surface area contributed by atoms with Gasteiger partial charge in [0.1, 0.15) is 28.9 Å². The van der Waals surface area contributed by atoms with E-state index in [1.54, 1.807) is 0 Å². The first kappa shape index (κ1) is 26.2. The minimum atomic E-state index is -1.44. The summed E-state index contributed by atoms with van der Waals surface area (Å²) in [6.07, 6.45) is 4.48. The second-order valence-corrected chi connectivity index (χ2v) is 10.4. The fraction of sp³-hybridized carbons (Fsp3) is 0.333. The number of hydrogen-bond acceptors (Lipinski definition) is 6. The molecule has 0 atom stereocenters. The zero-order chi connectivity index (χ0) is 28.3. The van der Waals surface area contributed by atoms with E-state index in [4.69, 9.17) is 11.6 Å². The molecule has 2 N–H and O–H groups in total. The molecule has 9 nitrogen and oxygen atoms in total. The summed E-state index contributed by atoms with van der Waals surface area (Å²) in [6, 6.07) is 2.74. The van der Waals surface area contributed by atoms with Crippen molar-refractivity contribution >= 4 is 40.0 Å². The van der Waals surface area contributed by atoms with Gasteiger partial charge in [-0.3, -0.25) is 14.2 Å². The van der Waals surface area contributed by atoms with Gasteiger partial charge in [0.15, 0.2) is 11.6 Å². The zero-order valence-corrected chi connectivity index (χ0v) is 22.2. The number of benzene rings is 1. The van der Waals surface area contributed by atoms with Crippen LogP contribution in [0.4, 0.5) is 24.7 Å². The number of aromatic hydroxyl groups is 1.